The van der Waals surface area contributed by atoms with Crippen molar-refractivity contribution in [2.24, 2.45) is 0 Å². The fraction of sp³-hybridized carbons (Fsp3) is 0.208. The van der Waals surface area contributed by atoms with Gasteiger partial charge in [0.05, 0.1) is 18.0 Å². The minimum absolute atomic E-state index is 0.0652. The van der Waals surface area contributed by atoms with Crippen molar-refractivity contribution < 1.29 is 17.9 Å². The smallest absolute Gasteiger partial charge is 0.251 e. The number of rotatable bonds is 8. The first-order valence-corrected chi connectivity index (χ1v) is 11.3. The Hall–Kier alpha value is -3.16. The van der Waals surface area contributed by atoms with Gasteiger partial charge in [0.15, 0.2) is 0 Å². The van der Waals surface area contributed by atoms with Gasteiger partial charge in [-0.1, -0.05) is 48.5 Å². The Morgan fingerprint density at radius 1 is 1.00 bits per heavy atom. The maximum absolute atomic E-state index is 12.9. The van der Waals surface area contributed by atoms with E-state index in [1.165, 1.54) is 18.5 Å². The van der Waals surface area contributed by atoms with Crippen LogP contribution in [0.2, 0.25) is 0 Å². The van der Waals surface area contributed by atoms with Crippen molar-refractivity contribution in [1.29, 1.82) is 0 Å². The number of benzene rings is 3. The maximum atomic E-state index is 12.9. The largest absolute Gasteiger partial charge is 0.496 e. The molecule has 0 fully saturated rings. The Balaban J connectivity index is 1.81. The number of sulfonamides is 1. The van der Waals surface area contributed by atoms with Gasteiger partial charge >= 0.3 is 0 Å². The standard InChI is InChI=1S/C24H26N2O4S/c1-18(19-10-6-4-7-11-19)25-24(27)20-14-15-23(30-3)21(16-20)17-26(2)31(28,29)22-12-8-5-9-13-22/h4-16,18H,17H2,1-3H3,(H,25,27)/t18-/m0/s1. The third-order valence-electron chi connectivity index (χ3n) is 5.03. The van der Waals surface area contributed by atoms with Crippen LogP contribution in [-0.4, -0.2) is 32.8 Å². The molecule has 3 aromatic rings. The van der Waals surface area contributed by atoms with Gasteiger partial charge < -0.3 is 10.1 Å². The molecule has 0 radical (unpaired) electrons. The van der Waals surface area contributed by atoms with Crippen LogP contribution in [0.3, 0.4) is 0 Å². The lowest BCUT2D eigenvalue weighted by atomic mass is 10.1. The first-order valence-electron chi connectivity index (χ1n) is 9.87. The van der Waals surface area contributed by atoms with E-state index in [1.807, 2.05) is 37.3 Å². The second-order valence-corrected chi connectivity index (χ2v) is 9.25. The van der Waals surface area contributed by atoms with Crippen molar-refractivity contribution >= 4 is 15.9 Å². The van der Waals surface area contributed by atoms with Crippen LogP contribution in [0.25, 0.3) is 0 Å². The molecule has 0 bridgehead atoms. The molecule has 6 nitrogen and oxygen atoms in total. The summed E-state index contributed by atoms with van der Waals surface area (Å²) in [6, 6.07) is 22.8. The van der Waals surface area contributed by atoms with E-state index in [1.54, 1.807) is 48.5 Å². The van der Waals surface area contributed by atoms with Crippen LogP contribution in [0.15, 0.2) is 83.8 Å². The van der Waals surface area contributed by atoms with Crippen LogP contribution in [0, 0.1) is 0 Å². The predicted octanol–water partition coefficient (Wildman–Crippen LogP) is 4.01. The zero-order valence-electron chi connectivity index (χ0n) is 17.8. The minimum Gasteiger partial charge on any atom is -0.496 e. The molecule has 0 aromatic heterocycles. The van der Waals surface area contributed by atoms with Crippen LogP contribution in [0.4, 0.5) is 0 Å². The summed E-state index contributed by atoms with van der Waals surface area (Å²) in [5.74, 6) is 0.275. The molecule has 1 N–H and O–H groups in total. The van der Waals surface area contributed by atoms with Crippen molar-refractivity contribution in [1.82, 2.24) is 9.62 Å². The molecule has 0 saturated carbocycles. The van der Waals surface area contributed by atoms with Crippen molar-refractivity contribution in [2.45, 2.75) is 24.4 Å². The van der Waals surface area contributed by atoms with Crippen molar-refractivity contribution in [3.8, 4) is 5.75 Å². The van der Waals surface area contributed by atoms with Gasteiger partial charge in [0.25, 0.3) is 5.91 Å². The molecule has 162 valence electrons. The third-order valence-corrected chi connectivity index (χ3v) is 6.85. The van der Waals surface area contributed by atoms with E-state index in [0.717, 1.165) is 5.56 Å². The number of ether oxygens (including phenoxy) is 1. The number of nitrogens with zero attached hydrogens (tertiary/aromatic N) is 1. The molecule has 0 aliphatic heterocycles. The second kappa shape index (κ2) is 9.76. The summed E-state index contributed by atoms with van der Waals surface area (Å²) < 4.78 is 32.4. The topological polar surface area (TPSA) is 75.7 Å². The molecule has 0 aliphatic rings. The van der Waals surface area contributed by atoms with Gasteiger partial charge in [-0.25, -0.2) is 8.42 Å². The lowest BCUT2D eigenvalue weighted by Gasteiger charge is -2.20. The van der Waals surface area contributed by atoms with Crippen LogP contribution in [0.1, 0.15) is 34.5 Å². The number of hydrogen-bond acceptors (Lipinski definition) is 4. The van der Waals surface area contributed by atoms with E-state index in [4.69, 9.17) is 4.74 Å². The number of methoxy groups -OCH3 is 1. The quantitative estimate of drug-likeness (QED) is 0.577. The van der Waals surface area contributed by atoms with Gasteiger partial charge in [-0.2, -0.15) is 4.31 Å². The normalized spacial score (nSPS) is 12.4. The average molecular weight is 439 g/mol. The molecule has 0 saturated heterocycles. The number of carbonyl (C=O) groups excluding carboxylic acids is 1. The highest BCUT2D eigenvalue weighted by Gasteiger charge is 2.22. The lowest BCUT2D eigenvalue weighted by molar-refractivity contribution is 0.0939. The van der Waals surface area contributed by atoms with E-state index in [-0.39, 0.29) is 23.4 Å². The average Bonchev–Trinajstić information content (AvgIpc) is 2.80. The van der Waals surface area contributed by atoms with E-state index >= 15 is 0 Å². The van der Waals surface area contributed by atoms with Crippen LogP contribution < -0.4 is 10.1 Å². The second-order valence-electron chi connectivity index (χ2n) is 7.21. The molecule has 0 unspecified atom stereocenters. The summed E-state index contributed by atoms with van der Waals surface area (Å²) in [7, 11) is -0.651. The van der Waals surface area contributed by atoms with Gasteiger partial charge in [0.1, 0.15) is 5.75 Å². The summed E-state index contributed by atoms with van der Waals surface area (Å²) in [6.07, 6.45) is 0. The predicted molar refractivity (Wildman–Crippen MR) is 120 cm³/mol. The Labute approximate surface area is 183 Å². The summed E-state index contributed by atoms with van der Waals surface area (Å²) >= 11 is 0. The fourth-order valence-electron chi connectivity index (χ4n) is 3.25. The van der Waals surface area contributed by atoms with Crippen LogP contribution in [0.5, 0.6) is 5.75 Å². The van der Waals surface area contributed by atoms with Crippen LogP contribution in [-0.2, 0) is 16.6 Å². The van der Waals surface area contributed by atoms with Crippen molar-refractivity contribution in [3.05, 3.63) is 95.6 Å². The highest BCUT2D eigenvalue weighted by Crippen LogP contribution is 2.24. The number of hydrogen-bond donors (Lipinski definition) is 1. The summed E-state index contributed by atoms with van der Waals surface area (Å²) in [4.78, 5) is 13.0. The van der Waals surface area contributed by atoms with E-state index in [9.17, 15) is 13.2 Å². The minimum atomic E-state index is -3.67. The first kappa shape index (κ1) is 22.5. The molecule has 0 spiro atoms. The summed E-state index contributed by atoms with van der Waals surface area (Å²) in [5.41, 5.74) is 2.03. The molecule has 1 amide bonds. The third kappa shape index (κ3) is 5.31. The highest BCUT2D eigenvalue weighted by molar-refractivity contribution is 7.89. The molecule has 3 rings (SSSR count). The molecule has 0 heterocycles. The van der Waals surface area contributed by atoms with E-state index in [2.05, 4.69) is 5.32 Å². The Bertz CT molecular complexity index is 1130. The molecule has 1 atom stereocenters. The maximum Gasteiger partial charge on any atom is 0.251 e. The molecule has 7 heteroatoms. The summed E-state index contributed by atoms with van der Waals surface area (Å²) in [5, 5.41) is 2.97. The van der Waals surface area contributed by atoms with Crippen molar-refractivity contribution in [2.75, 3.05) is 14.2 Å². The molecular weight excluding hydrogens is 412 g/mol. The SMILES string of the molecule is COc1ccc(C(=O)N[C@@H](C)c2ccccc2)cc1CN(C)S(=O)(=O)c1ccccc1. The van der Waals surface area contributed by atoms with E-state index < -0.39 is 10.0 Å². The van der Waals surface area contributed by atoms with Gasteiger partial charge in [0, 0.05) is 24.7 Å². The molecule has 0 aliphatic carbocycles. The number of nitrogens with one attached hydrogen (secondary N) is 1. The van der Waals surface area contributed by atoms with E-state index in [0.29, 0.717) is 16.9 Å². The number of carbonyl (C=O) groups is 1. The van der Waals surface area contributed by atoms with Gasteiger partial charge in [-0.3, -0.25) is 4.79 Å². The number of amides is 1. The highest BCUT2D eigenvalue weighted by atomic mass is 32.2. The Morgan fingerprint density at radius 3 is 2.23 bits per heavy atom. The van der Waals surface area contributed by atoms with Gasteiger partial charge in [-0.15, -0.1) is 0 Å². The molecule has 31 heavy (non-hydrogen) atoms. The van der Waals surface area contributed by atoms with Crippen molar-refractivity contribution in [3.63, 3.8) is 0 Å². The van der Waals surface area contributed by atoms with Crippen LogP contribution >= 0.6 is 0 Å². The Kier molecular flexibility index (Phi) is 7.09. The van der Waals surface area contributed by atoms with Gasteiger partial charge in [0.2, 0.25) is 10.0 Å². The lowest BCUT2D eigenvalue weighted by Crippen LogP contribution is -2.28. The van der Waals surface area contributed by atoms with Gasteiger partial charge in [-0.05, 0) is 42.8 Å². The zero-order valence-corrected chi connectivity index (χ0v) is 18.6. The first-order chi connectivity index (χ1) is 14.8. The monoisotopic (exact) mass is 438 g/mol. The molecular formula is C24H26N2O4S. The molecule has 3 aromatic carbocycles. The fourth-order valence-corrected chi connectivity index (χ4v) is 4.42. The Morgan fingerprint density at radius 2 is 1.61 bits per heavy atom. The summed E-state index contributed by atoms with van der Waals surface area (Å²) in [6.45, 7) is 1.98. The zero-order chi connectivity index (χ0) is 22.4.